The van der Waals surface area contributed by atoms with E-state index in [0.717, 1.165) is 5.69 Å². The maximum absolute atomic E-state index is 14.5. The van der Waals surface area contributed by atoms with E-state index in [2.05, 4.69) is 15.9 Å². The zero-order valence-electron chi connectivity index (χ0n) is 15.1. The van der Waals surface area contributed by atoms with Crippen molar-refractivity contribution in [2.75, 3.05) is 0 Å². The average molecular weight is 373 g/mol. The van der Waals surface area contributed by atoms with E-state index in [1.54, 1.807) is 48.1 Å². The van der Waals surface area contributed by atoms with Crippen LogP contribution >= 0.6 is 0 Å². The van der Waals surface area contributed by atoms with E-state index >= 15 is 0 Å². The number of hydrogen-bond acceptors (Lipinski definition) is 4. The molecule has 0 atom stereocenters. The number of esters is 1. The highest BCUT2D eigenvalue weighted by atomic mass is 19.1. The first kappa shape index (κ1) is 17.7. The van der Waals surface area contributed by atoms with Crippen molar-refractivity contribution in [2.24, 2.45) is 4.99 Å². The summed E-state index contributed by atoms with van der Waals surface area (Å²) in [5, 5.41) is 0. The molecule has 0 amide bonds. The summed E-state index contributed by atoms with van der Waals surface area (Å²) < 4.78 is 21.7. The molecule has 0 N–H and O–H groups in total. The molecule has 138 valence electrons. The van der Waals surface area contributed by atoms with Crippen LogP contribution in [0.1, 0.15) is 35.7 Å². The number of fused-ring (bicyclic) bond motifs is 3. The molecule has 1 aliphatic rings. The first-order chi connectivity index (χ1) is 13.6. The van der Waals surface area contributed by atoms with Crippen molar-refractivity contribution in [3.05, 3.63) is 77.0 Å². The van der Waals surface area contributed by atoms with Gasteiger partial charge in [-0.1, -0.05) is 25.0 Å². The number of terminal acetylenes is 1. The van der Waals surface area contributed by atoms with Gasteiger partial charge in [-0.15, -0.1) is 6.42 Å². The SMILES string of the molecule is C#Cc1ccc2c(c1)C(c1ccccc1F)=NCc1c(OC(=O)CC)ncn1-2. The van der Waals surface area contributed by atoms with Crippen LogP contribution in [0, 0.1) is 18.2 Å². The zero-order valence-corrected chi connectivity index (χ0v) is 15.1. The smallest absolute Gasteiger partial charge is 0.312 e. The maximum atomic E-state index is 14.5. The molecule has 0 unspecified atom stereocenters. The number of halogens is 1. The van der Waals surface area contributed by atoms with Gasteiger partial charge in [-0.05, 0) is 30.3 Å². The van der Waals surface area contributed by atoms with Crippen LogP contribution < -0.4 is 4.74 Å². The number of ether oxygens (including phenoxy) is 1. The van der Waals surface area contributed by atoms with E-state index in [4.69, 9.17) is 11.2 Å². The minimum atomic E-state index is -0.382. The minimum Gasteiger partial charge on any atom is -0.405 e. The molecular formula is C22H16FN3O2. The second-order valence-corrected chi connectivity index (χ2v) is 6.21. The largest absolute Gasteiger partial charge is 0.405 e. The number of imidazole rings is 1. The number of benzene rings is 2. The van der Waals surface area contributed by atoms with E-state index in [-0.39, 0.29) is 30.6 Å². The molecule has 2 heterocycles. The monoisotopic (exact) mass is 373 g/mol. The highest BCUT2D eigenvalue weighted by Crippen LogP contribution is 2.30. The highest BCUT2D eigenvalue weighted by molar-refractivity contribution is 6.15. The average Bonchev–Trinajstić information content (AvgIpc) is 3.03. The molecule has 1 aromatic heterocycles. The van der Waals surface area contributed by atoms with Gasteiger partial charge in [0, 0.05) is 23.1 Å². The fourth-order valence-corrected chi connectivity index (χ4v) is 3.12. The number of nitrogens with zero attached hydrogens (tertiary/aromatic N) is 3. The molecule has 6 heteroatoms. The van der Waals surface area contributed by atoms with E-state index < -0.39 is 0 Å². The van der Waals surface area contributed by atoms with Gasteiger partial charge in [0.15, 0.2) is 0 Å². The first-order valence-corrected chi connectivity index (χ1v) is 8.80. The van der Waals surface area contributed by atoms with Gasteiger partial charge in [0.05, 0.1) is 17.9 Å². The fourth-order valence-electron chi connectivity index (χ4n) is 3.12. The predicted octanol–water partition coefficient (Wildman–Crippen LogP) is 3.66. The summed E-state index contributed by atoms with van der Waals surface area (Å²) in [5.74, 6) is 2.05. The Kier molecular flexibility index (Phi) is 4.50. The topological polar surface area (TPSA) is 56.5 Å². The van der Waals surface area contributed by atoms with Crippen LogP contribution in [0.15, 0.2) is 53.8 Å². The molecule has 0 fully saturated rings. The Labute approximate surface area is 161 Å². The standard InChI is InChI=1S/C22H16FN3O2/c1-3-14-9-10-18-16(11-14)21(15-7-5-6-8-17(15)23)24-12-19-22(25-13-26(18)19)28-20(27)4-2/h1,5-11,13H,4,12H2,2H3. The molecule has 0 saturated carbocycles. The summed E-state index contributed by atoms with van der Waals surface area (Å²) in [7, 11) is 0. The third kappa shape index (κ3) is 2.97. The molecule has 0 aliphatic carbocycles. The summed E-state index contributed by atoms with van der Waals surface area (Å²) in [6, 6.07) is 11.9. The van der Waals surface area contributed by atoms with Crippen molar-refractivity contribution in [2.45, 2.75) is 19.9 Å². The third-order valence-electron chi connectivity index (χ3n) is 4.52. The first-order valence-electron chi connectivity index (χ1n) is 8.80. The van der Waals surface area contributed by atoms with Gasteiger partial charge >= 0.3 is 5.97 Å². The summed E-state index contributed by atoms with van der Waals surface area (Å²) in [6.07, 6.45) is 7.37. The summed E-state index contributed by atoms with van der Waals surface area (Å²) >= 11 is 0. The van der Waals surface area contributed by atoms with E-state index in [0.29, 0.717) is 28.1 Å². The molecule has 2 aromatic carbocycles. The number of hydrogen-bond donors (Lipinski definition) is 0. The molecule has 0 spiro atoms. The van der Waals surface area contributed by atoms with Gasteiger partial charge in [0.2, 0.25) is 5.88 Å². The molecule has 4 rings (SSSR count). The Bertz CT molecular complexity index is 1150. The lowest BCUT2D eigenvalue weighted by Gasteiger charge is -2.12. The van der Waals surface area contributed by atoms with E-state index in [1.807, 2.05) is 6.07 Å². The Morgan fingerprint density at radius 1 is 1.29 bits per heavy atom. The Balaban J connectivity index is 1.93. The summed E-state index contributed by atoms with van der Waals surface area (Å²) in [4.78, 5) is 20.6. The highest BCUT2D eigenvalue weighted by Gasteiger charge is 2.24. The number of rotatable bonds is 3. The van der Waals surface area contributed by atoms with E-state index in [9.17, 15) is 9.18 Å². The minimum absolute atomic E-state index is 0.177. The van der Waals surface area contributed by atoms with Crippen LogP contribution in [0.25, 0.3) is 5.69 Å². The zero-order chi connectivity index (χ0) is 19.7. The van der Waals surface area contributed by atoms with Crippen LogP contribution in [0.3, 0.4) is 0 Å². The van der Waals surface area contributed by atoms with Gasteiger partial charge in [0.25, 0.3) is 0 Å². The lowest BCUT2D eigenvalue weighted by Crippen LogP contribution is -2.09. The van der Waals surface area contributed by atoms with Gasteiger partial charge in [-0.25, -0.2) is 9.37 Å². The molecule has 0 radical (unpaired) electrons. The van der Waals surface area contributed by atoms with Gasteiger partial charge in [0.1, 0.15) is 17.8 Å². The van der Waals surface area contributed by atoms with Crippen molar-refractivity contribution >= 4 is 11.7 Å². The van der Waals surface area contributed by atoms with E-state index in [1.165, 1.54) is 6.07 Å². The summed E-state index contributed by atoms with van der Waals surface area (Å²) in [6.45, 7) is 1.89. The van der Waals surface area contributed by atoms with Gasteiger partial charge in [-0.3, -0.25) is 14.4 Å². The van der Waals surface area contributed by atoms with Crippen LogP contribution in [0.2, 0.25) is 0 Å². The number of aliphatic imine (C=N–C) groups is 1. The second kappa shape index (κ2) is 7.12. The van der Waals surface area contributed by atoms with Crippen LogP contribution in [0.4, 0.5) is 4.39 Å². The van der Waals surface area contributed by atoms with Crippen molar-refractivity contribution in [3.63, 3.8) is 0 Å². The lowest BCUT2D eigenvalue weighted by molar-refractivity contribution is -0.134. The predicted molar refractivity (Wildman–Crippen MR) is 103 cm³/mol. The van der Waals surface area contributed by atoms with Crippen LogP contribution in [-0.2, 0) is 11.3 Å². The van der Waals surface area contributed by atoms with Crippen molar-refractivity contribution < 1.29 is 13.9 Å². The molecule has 28 heavy (non-hydrogen) atoms. The number of carbonyl (C=O) groups is 1. The maximum Gasteiger partial charge on any atom is 0.312 e. The van der Waals surface area contributed by atoms with Crippen molar-refractivity contribution in [3.8, 4) is 23.9 Å². The second-order valence-electron chi connectivity index (χ2n) is 6.21. The fraction of sp³-hybridized carbons (Fsp3) is 0.136. The van der Waals surface area contributed by atoms with Gasteiger partial charge < -0.3 is 4.74 Å². The number of aromatic nitrogens is 2. The van der Waals surface area contributed by atoms with Crippen LogP contribution in [-0.4, -0.2) is 21.2 Å². The normalized spacial score (nSPS) is 12.2. The molecule has 3 aromatic rings. The van der Waals surface area contributed by atoms with Crippen molar-refractivity contribution in [1.29, 1.82) is 0 Å². The molecule has 0 saturated heterocycles. The summed E-state index contributed by atoms with van der Waals surface area (Å²) in [5.41, 5.74) is 3.56. The molecule has 0 bridgehead atoms. The molecule has 5 nitrogen and oxygen atoms in total. The molecule has 1 aliphatic heterocycles. The third-order valence-corrected chi connectivity index (χ3v) is 4.52. The molecular weight excluding hydrogens is 357 g/mol. The van der Waals surface area contributed by atoms with Gasteiger partial charge in [-0.2, -0.15) is 0 Å². The Hall–Kier alpha value is -3.72. The van der Waals surface area contributed by atoms with Crippen LogP contribution in [0.5, 0.6) is 5.88 Å². The van der Waals surface area contributed by atoms with Crippen molar-refractivity contribution in [1.82, 2.24) is 9.55 Å². The lowest BCUT2D eigenvalue weighted by atomic mass is 9.98. The Morgan fingerprint density at radius 3 is 2.86 bits per heavy atom. The quantitative estimate of drug-likeness (QED) is 0.520. The number of carbonyl (C=O) groups excluding carboxylic acids is 1. The Morgan fingerprint density at radius 2 is 2.11 bits per heavy atom.